The second kappa shape index (κ2) is 3.46. The Hall–Kier alpha value is -1.28. The van der Waals surface area contributed by atoms with Gasteiger partial charge in [0.05, 0.1) is 5.69 Å². The van der Waals surface area contributed by atoms with Crippen LogP contribution >= 0.6 is 11.6 Å². The van der Waals surface area contributed by atoms with Crippen LogP contribution < -0.4 is 0 Å². The molecular formula is C11H11ClN2. The van der Waals surface area contributed by atoms with Crippen LogP contribution in [0.25, 0.3) is 11.3 Å². The summed E-state index contributed by atoms with van der Waals surface area (Å²) in [5.41, 5.74) is 3.25. The third-order valence-corrected chi connectivity index (χ3v) is 2.49. The van der Waals surface area contributed by atoms with Crippen molar-refractivity contribution in [2.75, 3.05) is 0 Å². The van der Waals surface area contributed by atoms with Crippen molar-refractivity contribution in [1.29, 1.82) is 0 Å². The fourth-order valence-electron chi connectivity index (χ4n) is 1.39. The molecule has 2 aromatic rings. The van der Waals surface area contributed by atoms with Crippen LogP contribution in [-0.2, 0) is 7.05 Å². The fraction of sp³-hybridized carbons (Fsp3) is 0.182. The monoisotopic (exact) mass is 206 g/mol. The highest BCUT2D eigenvalue weighted by molar-refractivity contribution is 6.29. The summed E-state index contributed by atoms with van der Waals surface area (Å²) in [6.45, 7) is 2.06. The highest BCUT2D eigenvalue weighted by atomic mass is 35.5. The molecule has 0 aliphatic carbocycles. The Bertz CT molecular complexity index is 441. The number of hydrogen-bond donors (Lipinski definition) is 0. The molecule has 1 aromatic heterocycles. The van der Waals surface area contributed by atoms with Crippen molar-refractivity contribution >= 4 is 11.6 Å². The molecular weight excluding hydrogens is 196 g/mol. The third-order valence-electron chi connectivity index (χ3n) is 2.14. The molecule has 1 heterocycles. The van der Waals surface area contributed by atoms with Gasteiger partial charge in [0.25, 0.3) is 0 Å². The second-order valence-corrected chi connectivity index (χ2v) is 3.73. The van der Waals surface area contributed by atoms with Crippen LogP contribution in [0.2, 0.25) is 5.15 Å². The SMILES string of the molecule is Cc1cccc(-c2cc(Cl)n(C)n2)c1. The Morgan fingerprint density at radius 2 is 2.07 bits per heavy atom. The average Bonchev–Trinajstić information content (AvgIpc) is 2.47. The van der Waals surface area contributed by atoms with E-state index in [1.54, 1.807) is 4.68 Å². The largest absolute Gasteiger partial charge is 0.256 e. The third kappa shape index (κ3) is 1.66. The zero-order valence-electron chi connectivity index (χ0n) is 8.16. The molecule has 72 valence electrons. The number of benzene rings is 1. The van der Waals surface area contributed by atoms with Gasteiger partial charge in [0.1, 0.15) is 5.15 Å². The fourth-order valence-corrected chi connectivity index (χ4v) is 1.53. The highest BCUT2D eigenvalue weighted by Crippen LogP contribution is 2.21. The summed E-state index contributed by atoms with van der Waals surface area (Å²) in [7, 11) is 1.83. The van der Waals surface area contributed by atoms with Gasteiger partial charge in [-0.25, -0.2) is 0 Å². The predicted molar refractivity (Wildman–Crippen MR) is 58.4 cm³/mol. The Morgan fingerprint density at radius 3 is 2.64 bits per heavy atom. The molecule has 3 heteroatoms. The van der Waals surface area contributed by atoms with Crippen LogP contribution in [-0.4, -0.2) is 9.78 Å². The summed E-state index contributed by atoms with van der Waals surface area (Å²) in [6.07, 6.45) is 0. The summed E-state index contributed by atoms with van der Waals surface area (Å²) in [5, 5.41) is 4.96. The molecule has 0 fully saturated rings. The molecule has 0 saturated heterocycles. The van der Waals surface area contributed by atoms with Gasteiger partial charge in [0.15, 0.2) is 0 Å². The predicted octanol–water partition coefficient (Wildman–Crippen LogP) is 3.05. The van der Waals surface area contributed by atoms with E-state index in [2.05, 4.69) is 24.2 Å². The van der Waals surface area contributed by atoms with E-state index in [1.807, 2.05) is 25.2 Å². The van der Waals surface area contributed by atoms with E-state index in [0.717, 1.165) is 11.3 Å². The molecule has 0 N–H and O–H groups in total. The smallest absolute Gasteiger partial charge is 0.127 e. The normalized spacial score (nSPS) is 10.5. The lowest BCUT2D eigenvalue weighted by Crippen LogP contribution is -1.89. The lowest BCUT2D eigenvalue weighted by Gasteiger charge is -1.97. The van der Waals surface area contributed by atoms with Crippen LogP contribution in [0.1, 0.15) is 5.56 Å². The first kappa shape index (κ1) is 9.28. The van der Waals surface area contributed by atoms with E-state index >= 15 is 0 Å². The van der Waals surface area contributed by atoms with Crippen LogP contribution in [0.15, 0.2) is 30.3 Å². The Balaban J connectivity index is 2.49. The number of aromatic nitrogens is 2. The summed E-state index contributed by atoms with van der Waals surface area (Å²) < 4.78 is 1.67. The van der Waals surface area contributed by atoms with Gasteiger partial charge in [-0.05, 0) is 13.0 Å². The van der Waals surface area contributed by atoms with Gasteiger partial charge in [0.2, 0.25) is 0 Å². The summed E-state index contributed by atoms with van der Waals surface area (Å²) in [6, 6.07) is 10.1. The lowest BCUT2D eigenvalue weighted by molar-refractivity contribution is 0.772. The number of halogens is 1. The first-order valence-corrected chi connectivity index (χ1v) is 4.81. The Morgan fingerprint density at radius 1 is 1.29 bits per heavy atom. The minimum absolute atomic E-state index is 0.654. The highest BCUT2D eigenvalue weighted by Gasteiger charge is 2.04. The van der Waals surface area contributed by atoms with Gasteiger partial charge in [0, 0.05) is 18.7 Å². The molecule has 14 heavy (non-hydrogen) atoms. The maximum atomic E-state index is 5.92. The van der Waals surface area contributed by atoms with Gasteiger partial charge >= 0.3 is 0 Å². The van der Waals surface area contributed by atoms with Crippen LogP contribution in [0.3, 0.4) is 0 Å². The quantitative estimate of drug-likeness (QED) is 0.701. The summed E-state index contributed by atoms with van der Waals surface area (Å²) in [5.74, 6) is 0. The van der Waals surface area contributed by atoms with Gasteiger partial charge in [-0.2, -0.15) is 5.10 Å². The molecule has 0 spiro atoms. The van der Waals surface area contributed by atoms with Crippen molar-refractivity contribution < 1.29 is 0 Å². The van der Waals surface area contributed by atoms with E-state index in [4.69, 9.17) is 11.6 Å². The second-order valence-electron chi connectivity index (χ2n) is 3.35. The van der Waals surface area contributed by atoms with Gasteiger partial charge in [-0.3, -0.25) is 4.68 Å². The molecule has 0 radical (unpaired) electrons. The molecule has 2 nitrogen and oxygen atoms in total. The maximum absolute atomic E-state index is 5.92. The van der Waals surface area contributed by atoms with E-state index in [0.29, 0.717) is 5.15 Å². The van der Waals surface area contributed by atoms with Crippen LogP contribution in [0, 0.1) is 6.92 Å². The summed E-state index contributed by atoms with van der Waals surface area (Å²) >= 11 is 5.92. The Kier molecular flexibility index (Phi) is 2.30. The maximum Gasteiger partial charge on any atom is 0.127 e. The van der Waals surface area contributed by atoms with Crippen molar-refractivity contribution in [3.05, 3.63) is 41.0 Å². The molecule has 0 saturated carbocycles. The number of hydrogen-bond acceptors (Lipinski definition) is 1. The molecule has 0 aliphatic rings. The zero-order chi connectivity index (χ0) is 10.1. The lowest BCUT2D eigenvalue weighted by atomic mass is 10.1. The van der Waals surface area contributed by atoms with Gasteiger partial charge < -0.3 is 0 Å². The van der Waals surface area contributed by atoms with Crippen LogP contribution in [0.5, 0.6) is 0 Å². The Labute approximate surface area is 88.1 Å². The number of nitrogens with zero attached hydrogens (tertiary/aromatic N) is 2. The minimum Gasteiger partial charge on any atom is -0.256 e. The molecule has 0 bridgehead atoms. The molecule has 0 amide bonds. The van der Waals surface area contributed by atoms with Crippen molar-refractivity contribution in [1.82, 2.24) is 9.78 Å². The van der Waals surface area contributed by atoms with E-state index in [1.165, 1.54) is 5.56 Å². The topological polar surface area (TPSA) is 17.8 Å². The van der Waals surface area contributed by atoms with Gasteiger partial charge in [-0.15, -0.1) is 0 Å². The first-order chi connectivity index (χ1) is 6.66. The molecule has 2 rings (SSSR count). The van der Waals surface area contributed by atoms with E-state index in [-0.39, 0.29) is 0 Å². The molecule has 0 unspecified atom stereocenters. The van der Waals surface area contributed by atoms with Crippen molar-refractivity contribution in [2.45, 2.75) is 6.92 Å². The zero-order valence-corrected chi connectivity index (χ0v) is 8.92. The van der Waals surface area contributed by atoms with Crippen LogP contribution in [0.4, 0.5) is 0 Å². The number of aryl methyl sites for hydroxylation is 2. The van der Waals surface area contributed by atoms with Crippen molar-refractivity contribution in [3.63, 3.8) is 0 Å². The number of rotatable bonds is 1. The molecule has 1 aromatic carbocycles. The summed E-state index contributed by atoms with van der Waals surface area (Å²) in [4.78, 5) is 0. The van der Waals surface area contributed by atoms with Crippen molar-refractivity contribution in [3.8, 4) is 11.3 Å². The van der Waals surface area contributed by atoms with E-state index in [9.17, 15) is 0 Å². The molecule has 0 aliphatic heterocycles. The van der Waals surface area contributed by atoms with E-state index < -0.39 is 0 Å². The first-order valence-electron chi connectivity index (χ1n) is 4.43. The standard InChI is InChI=1S/C11H11ClN2/c1-8-4-3-5-9(6-8)10-7-11(12)14(2)13-10/h3-7H,1-2H3. The molecule has 0 atom stereocenters. The average molecular weight is 207 g/mol. The van der Waals surface area contributed by atoms with Gasteiger partial charge in [-0.1, -0.05) is 35.4 Å². The van der Waals surface area contributed by atoms with Crippen molar-refractivity contribution in [2.24, 2.45) is 7.05 Å². The minimum atomic E-state index is 0.654.